The normalized spacial score (nSPS) is 12.3. The highest BCUT2D eigenvalue weighted by Crippen LogP contribution is 2.44. The van der Waals surface area contributed by atoms with Crippen LogP contribution in [0.4, 0.5) is 0 Å². The number of benzene rings is 8. The predicted molar refractivity (Wildman–Crippen MR) is 214 cm³/mol. The Bertz CT molecular complexity index is 3350. The Morgan fingerprint density at radius 2 is 1.06 bits per heavy atom. The summed E-state index contributed by atoms with van der Waals surface area (Å²) in [5, 5.41) is 13.1. The molecule has 0 aliphatic heterocycles. The van der Waals surface area contributed by atoms with Crippen LogP contribution in [0.15, 0.2) is 156 Å². The maximum Gasteiger partial charge on any atom is 0.235 e. The summed E-state index contributed by atoms with van der Waals surface area (Å²) in [6, 6.07) is 54.1. The number of thiophene rings is 1. The lowest BCUT2D eigenvalue weighted by Gasteiger charge is -2.10. The van der Waals surface area contributed by atoms with Crippen molar-refractivity contribution in [2.45, 2.75) is 0 Å². The molecule has 0 spiro atoms. The van der Waals surface area contributed by atoms with Crippen molar-refractivity contribution in [3.63, 3.8) is 0 Å². The number of fused-ring (bicyclic) bond motifs is 15. The number of nitrogens with zero attached hydrogens (tertiary/aromatic N) is 3. The number of hydrogen-bond donors (Lipinski definition) is 0. The maximum atomic E-state index is 6.55. The van der Waals surface area contributed by atoms with Crippen molar-refractivity contribution in [1.82, 2.24) is 14.5 Å². The molecule has 12 aromatic rings. The van der Waals surface area contributed by atoms with Crippen molar-refractivity contribution in [3.05, 3.63) is 152 Å². The standard InChI is InChI=1S/C46H25N3OS/c1-4-12-30-28(11-1)20-24-37-40(30)33-21-17-29(25-38(33)50-37)43-45-44(34-15-7-8-16-39(34)51-45)48-46(47-43)49-35-22-18-26-9-2-5-13-31(26)41(35)42-32-14-6-3-10-27(32)19-23-36(42)49/h1-25H. The van der Waals surface area contributed by atoms with E-state index in [2.05, 4.69) is 156 Å². The molecule has 5 heteroatoms. The quantitative estimate of drug-likeness (QED) is 0.184. The first-order chi connectivity index (χ1) is 25.3. The molecule has 0 aliphatic carbocycles. The van der Waals surface area contributed by atoms with E-state index in [9.17, 15) is 0 Å². The maximum absolute atomic E-state index is 6.55. The highest BCUT2D eigenvalue weighted by molar-refractivity contribution is 7.26. The number of hydrogen-bond acceptors (Lipinski definition) is 4. The van der Waals surface area contributed by atoms with Gasteiger partial charge in [0.15, 0.2) is 0 Å². The van der Waals surface area contributed by atoms with Crippen LogP contribution in [0.1, 0.15) is 0 Å². The van der Waals surface area contributed by atoms with Gasteiger partial charge in [0.2, 0.25) is 5.95 Å². The van der Waals surface area contributed by atoms with Gasteiger partial charge in [-0.2, -0.15) is 0 Å². The molecule has 0 amide bonds. The van der Waals surface area contributed by atoms with E-state index in [1.165, 1.54) is 47.8 Å². The first-order valence-corrected chi connectivity index (χ1v) is 18.0. The molecule has 4 heterocycles. The van der Waals surface area contributed by atoms with Gasteiger partial charge in [0.25, 0.3) is 0 Å². The average Bonchev–Trinajstić information content (AvgIpc) is 3.87. The number of rotatable bonds is 2. The Hall–Kier alpha value is -6.56. The Balaban J connectivity index is 1.20. The van der Waals surface area contributed by atoms with Crippen LogP contribution in [0, 0.1) is 0 Å². The zero-order valence-electron chi connectivity index (χ0n) is 27.1. The number of aromatic nitrogens is 3. The SMILES string of the molecule is c1ccc2c(c1)ccc1oc3cc(-c4nc(-n5c6ccc7ccccc7c6c6c7ccccc7ccc65)nc5c4sc4ccccc45)ccc3c12. The van der Waals surface area contributed by atoms with Gasteiger partial charge in [-0.1, -0.05) is 115 Å². The predicted octanol–water partition coefficient (Wildman–Crippen LogP) is 13.0. The van der Waals surface area contributed by atoms with Crippen LogP contribution in [0.5, 0.6) is 0 Å². The Kier molecular flexibility index (Phi) is 5.35. The van der Waals surface area contributed by atoms with E-state index in [4.69, 9.17) is 14.4 Å². The third-order valence-electron chi connectivity index (χ3n) is 10.6. The van der Waals surface area contributed by atoms with Crippen molar-refractivity contribution in [2.75, 3.05) is 0 Å². The van der Waals surface area contributed by atoms with E-state index in [0.717, 1.165) is 59.8 Å². The van der Waals surface area contributed by atoms with Crippen molar-refractivity contribution in [1.29, 1.82) is 0 Å². The van der Waals surface area contributed by atoms with E-state index >= 15 is 0 Å². The summed E-state index contributed by atoms with van der Waals surface area (Å²) >= 11 is 1.75. The van der Waals surface area contributed by atoms with Gasteiger partial charge in [-0.15, -0.1) is 11.3 Å². The Morgan fingerprint density at radius 1 is 0.471 bits per heavy atom. The van der Waals surface area contributed by atoms with Gasteiger partial charge in [-0.25, -0.2) is 9.97 Å². The average molecular weight is 668 g/mol. The van der Waals surface area contributed by atoms with E-state index in [0.29, 0.717) is 5.95 Å². The van der Waals surface area contributed by atoms with Crippen molar-refractivity contribution < 1.29 is 4.42 Å². The highest BCUT2D eigenvalue weighted by atomic mass is 32.1. The monoisotopic (exact) mass is 667 g/mol. The van der Waals surface area contributed by atoms with E-state index in [1.807, 2.05) is 0 Å². The second-order valence-electron chi connectivity index (χ2n) is 13.3. The van der Waals surface area contributed by atoms with Gasteiger partial charge in [0.1, 0.15) is 11.2 Å². The lowest BCUT2D eigenvalue weighted by Crippen LogP contribution is -2.02. The van der Waals surface area contributed by atoms with Gasteiger partial charge >= 0.3 is 0 Å². The molecule has 0 unspecified atom stereocenters. The van der Waals surface area contributed by atoms with Gasteiger partial charge in [-0.3, -0.25) is 4.57 Å². The Labute approximate surface area is 294 Å². The molecule has 0 fully saturated rings. The summed E-state index contributed by atoms with van der Waals surface area (Å²) in [5.41, 5.74) is 6.78. The third kappa shape index (κ3) is 3.73. The summed E-state index contributed by atoms with van der Waals surface area (Å²) in [6.07, 6.45) is 0. The summed E-state index contributed by atoms with van der Waals surface area (Å²) in [6.45, 7) is 0. The zero-order valence-corrected chi connectivity index (χ0v) is 27.9. The van der Waals surface area contributed by atoms with Crippen molar-refractivity contribution in [2.24, 2.45) is 0 Å². The molecule has 0 saturated carbocycles. The fourth-order valence-electron chi connectivity index (χ4n) is 8.33. The summed E-state index contributed by atoms with van der Waals surface area (Å²) in [7, 11) is 0. The van der Waals surface area contributed by atoms with Crippen molar-refractivity contribution >= 4 is 108 Å². The van der Waals surface area contributed by atoms with Crippen LogP contribution < -0.4 is 0 Å². The van der Waals surface area contributed by atoms with Crippen LogP contribution in [0.3, 0.4) is 0 Å². The second-order valence-corrected chi connectivity index (χ2v) is 14.4. The first-order valence-electron chi connectivity index (χ1n) is 17.2. The molecule has 0 bridgehead atoms. The molecule has 4 nitrogen and oxygen atoms in total. The molecule has 0 N–H and O–H groups in total. The van der Waals surface area contributed by atoms with Gasteiger partial charge in [0, 0.05) is 37.2 Å². The molecule has 8 aromatic carbocycles. The lowest BCUT2D eigenvalue weighted by molar-refractivity contribution is 0.669. The van der Waals surface area contributed by atoms with Crippen LogP contribution in [-0.2, 0) is 0 Å². The van der Waals surface area contributed by atoms with Gasteiger partial charge in [-0.05, 0) is 68.7 Å². The molecule has 236 valence electrons. The van der Waals surface area contributed by atoms with Crippen LogP contribution in [-0.4, -0.2) is 14.5 Å². The minimum absolute atomic E-state index is 0.655. The minimum Gasteiger partial charge on any atom is -0.456 e. The third-order valence-corrected chi connectivity index (χ3v) is 11.8. The van der Waals surface area contributed by atoms with Crippen LogP contribution >= 0.6 is 11.3 Å². The molecule has 0 radical (unpaired) electrons. The van der Waals surface area contributed by atoms with E-state index < -0.39 is 0 Å². The van der Waals surface area contributed by atoms with E-state index in [1.54, 1.807) is 11.3 Å². The molecule has 0 atom stereocenters. The van der Waals surface area contributed by atoms with Gasteiger partial charge in [0.05, 0.1) is 26.9 Å². The molecule has 51 heavy (non-hydrogen) atoms. The van der Waals surface area contributed by atoms with Crippen LogP contribution in [0.2, 0.25) is 0 Å². The topological polar surface area (TPSA) is 43.9 Å². The fraction of sp³-hybridized carbons (Fsp3) is 0. The minimum atomic E-state index is 0.655. The molecule has 12 rings (SSSR count). The zero-order chi connectivity index (χ0) is 33.2. The largest absolute Gasteiger partial charge is 0.456 e. The molecule has 0 aliphatic rings. The number of furan rings is 1. The molecular formula is C46H25N3OS. The second kappa shape index (κ2) is 10.0. The van der Waals surface area contributed by atoms with Crippen molar-refractivity contribution in [3.8, 4) is 17.2 Å². The highest BCUT2D eigenvalue weighted by Gasteiger charge is 2.22. The molecule has 4 aromatic heterocycles. The summed E-state index contributed by atoms with van der Waals surface area (Å²) in [4.78, 5) is 10.9. The van der Waals surface area contributed by atoms with Crippen LogP contribution in [0.25, 0.3) is 114 Å². The summed E-state index contributed by atoms with van der Waals surface area (Å²) < 4.78 is 11.1. The smallest absolute Gasteiger partial charge is 0.235 e. The van der Waals surface area contributed by atoms with Gasteiger partial charge < -0.3 is 4.42 Å². The first kappa shape index (κ1) is 27.3. The fourth-order valence-corrected chi connectivity index (χ4v) is 9.49. The molecular weight excluding hydrogens is 643 g/mol. The molecule has 0 saturated heterocycles. The lowest BCUT2D eigenvalue weighted by atomic mass is 10.00. The summed E-state index contributed by atoms with van der Waals surface area (Å²) in [5.74, 6) is 0.655. The van der Waals surface area contributed by atoms with E-state index in [-0.39, 0.29) is 0 Å². The Morgan fingerprint density at radius 3 is 1.75 bits per heavy atom.